The van der Waals surface area contributed by atoms with E-state index in [0.29, 0.717) is 22.1 Å². The largest absolute Gasteiger partial charge is 0.366 e. The van der Waals surface area contributed by atoms with Gasteiger partial charge in [-0.15, -0.1) is 0 Å². The molecule has 0 saturated heterocycles. The molecule has 0 atom stereocenters. The second-order valence-corrected chi connectivity index (χ2v) is 4.63. The van der Waals surface area contributed by atoms with Crippen molar-refractivity contribution in [1.82, 2.24) is 9.97 Å². The average Bonchev–Trinajstić information content (AvgIpc) is 2.42. The fourth-order valence-electron chi connectivity index (χ4n) is 1.50. The Kier molecular flexibility index (Phi) is 4.22. The normalized spacial score (nSPS) is 10.1. The third-order valence-electron chi connectivity index (χ3n) is 2.49. The first-order valence-electron chi connectivity index (χ1n) is 5.51. The molecular formula is C13H10Cl2N4O. The third-order valence-corrected chi connectivity index (χ3v) is 2.94. The van der Waals surface area contributed by atoms with Gasteiger partial charge in [-0.25, -0.2) is 4.98 Å². The molecule has 0 bridgehead atoms. The number of nitrogens with one attached hydrogen (secondary N) is 1. The van der Waals surface area contributed by atoms with Gasteiger partial charge in [-0.1, -0.05) is 30.3 Å². The smallest absolute Gasteiger partial charge is 0.248 e. The zero-order valence-corrected chi connectivity index (χ0v) is 11.7. The molecule has 0 radical (unpaired) electrons. The van der Waals surface area contributed by atoms with Gasteiger partial charge in [0.05, 0.1) is 6.20 Å². The number of rotatable bonds is 4. The summed E-state index contributed by atoms with van der Waals surface area (Å²) in [5, 5.41) is 3.39. The second-order valence-electron chi connectivity index (χ2n) is 3.88. The van der Waals surface area contributed by atoms with E-state index in [-0.39, 0.29) is 10.9 Å². The number of nitrogens with two attached hydrogens (primary N) is 1. The quantitative estimate of drug-likeness (QED) is 0.672. The molecule has 1 heterocycles. The van der Waals surface area contributed by atoms with Crippen LogP contribution in [0.2, 0.25) is 10.3 Å². The van der Waals surface area contributed by atoms with Crippen LogP contribution < -0.4 is 11.1 Å². The van der Waals surface area contributed by atoms with Gasteiger partial charge >= 0.3 is 0 Å². The van der Waals surface area contributed by atoms with E-state index in [2.05, 4.69) is 21.9 Å². The Labute approximate surface area is 125 Å². The summed E-state index contributed by atoms with van der Waals surface area (Å²) in [4.78, 5) is 18.8. The Morgan fingerprint density at radius 2 is 2.10 bits per heavy atom. The van der Waals surface area contributed by atoms with E-state index in [1.807, 2.05) is 0 Å². The van der Waals surface area contributed by atoms with Crippen molar-refractivity contribution in [3.63, 3.8) is 0 Å². The van der Waals surface area contributed by atoms with Crippen LogP contribution in [0.3, 0.4) is 0 Å². The molecule has 3 N–H and O–H groups in total. The molecule has 0 fully saturated rings. The highest BCUT2D eigenvalue weighted by atomic mass is 35.5. The van der Waals surface area contributed by atoms with E-state index in [4.69, 9.17) is 28.9 Å². The fourth-order valence-corrected chi connectivity index (χ4v) is 1.77. The van der Waals surface area contributed by atoms with Gasteiger partial charge in [0.1, 0.15) is 5.02 Å². The van der Waals surface area contributed by atoms with Gasteiger partial charge in [-0.05, 0) is 29.3 Å². The number of hydrogen-bond donors (Lipinski definition) is 2. The predicted octanol–water partition coefficient (Wildman–Crippen LogP) is 3.03. The van der Waals surface area contributed by atoms with Crippen molar-refractivity contribution >= 4 is 46.2 Å². The van der Waals surface area contributed by atoms with Gasteiger partial charge in [0, 0.05) is 11.3 Å². The van der Waals surface area contributed by atoms with Gasteiger partial charge in [0.25, 0.3) is 0 Å². The van der Waals surface area contributed by atoms with Gasteiger partial charge in [-0.2, -0.15) is 4.98 Å². The Morgan fingerprint density at radius 3 is 2.80 bits per heavy atom. The molecule has 0 aliphatic heterocycles. The lowest BCUT2D eigenvalue weighted by molar-refractivity contribution is -0.112. The molecule has 0 saturated carbocycles. The summed E-state index contributed by atoms with van der Waals surface area (Å²) in [6.45, 7) is 3.63. The van der Waals surface area contributed by atoms with Crippen LogP contribution in [0, 0.1) is 0 Å². The first-order valence-corrected chi connectivity index (χ1v) is 6.27. The number of amides is 1. The second kappa shape index (κ2) is 5.90. The number of nitrogens with zero attached hydrogens (tertiary/aromatic N) is 2. The first kappa shape index (κ1) is 14.3. The molecule has 102 valence electrons. The van der Waals surface area contributed by atoms with Crippen LogP contribution in [-0.2, 0) is 4.79 Å². The molecule has 5 nitrogen and oxygen atoms in total. The number of anilines is 2. The summed E-state index contributed by atoms with van der Waals surface area (Å²) in [5.74, 6) is -0.209. The monoisotopic (exact) mass is 308 g/mol. The number of aromatic nitrogens is 2. The molecule has 1 amide bonds. The van der Waals surface area contributed by atoms with E-state index in [9.17, 15) is 4.79 Å². The van der Waals surface area contributed by atoms with Crippen molar-refractivity contribution in [2.75, 3.05) is 5.32 Å². The van der Waals surface area contributed by atoms with E-state index in [1.54, 1.807) is 24.3 Å². The highest BCUT2D eigenvalue weighted by Crippen LogP contribution is 2.25. The SMILES string of the molecule is C=C(C(N)=O)c1cccc(Nc2nc(Cl)ncc2Cl)c1. The van der Waals surface area contributed by atoms with Crippen LogP contribution in [-0.4, -0.2) is 15.9 Å². The Balaban J connectivity index is 2.30. The summed E-state index contributed by atoms with van der Waals surface area (Å²) in [6, 6.07) is 6.97. The standard InChI is InChI=1S/C13H10Cl2N4O/c1-7(11(16)20)8-3-2-4-9(5-8)18-12-10(14)6-17-13(15)19-12/h2-6H,1H2,(H2,16,20)(H,17,18,19). The van der Waals surface area contributed by atoms with Gasteiger partial charge in [0.15, 0.2) is 5.82 Å². The Bertz CT molecular complexity index is 688. The molecular weight excluding hydrogens is 299 g/mol. The van der Waals surface area contributed by atoms with Gasteiger partial charge in [-0.3, -0.25) is 4.79 Å². The molecule has 7 heteroatoms. The first-order chi connectivity index (χ1) is 9.47. The summed E-state index contributed by atoms with van der Waals surface area (Å²) in [6.07, 6.45) is 1.39. The zero-order chi connectivity index (χ0) is 14.7. The minimum Gasteiger partial charge on any atom is -0.366 e. The number of carbonyl (C=O) groups is 1. The summed E-state index contributed by atoms with van der Waals surface area (Å²) in [5.41, 5.74) is 6.70. The average molecular weight is 309 g/mol. The lowest BCUT2D eigenvalue weighted by atomic mass is 10.1. The van der Waals surface area contributed by atoms with Crippen LogP contribution in [0.4, 0.5) is 11.5 Å². The molecule has 0 aliphatic rings. The third kappa shape index (κ3) is 3.26. The van der Waals surface area contributed by atoms with Crippen molar-refractivity contribution < 1.29 is 4.79 Å². The van der Waals surface area contributed by atoms with Crippen LogP contribution in [0.15, 0.2) is 37.0 Å². The van der Waals surface area contributed by atoms with Gasteiger partial charge in [0.2, 0.25) is 11.2 Å². The van der Waals surface area contributed by atoms with Crippen molar-refractivity contribution in [1.29, 1.82) is 0 Å². The molecule has 1 aromatic heterocycles. The molecule has 0 unspecified atom stereocenters. The minimum atomic E-state index is -0.578. The highest BCUT2D eigenvalue weighted by molar-refractivity contribution is 6.33. The van der Waals surface area contributed by atoms with Gasteiger partial charge < -0.3 is 11.1 Å². The fraction of sp³-hybridized carbons (Fsp3) is 0. The summed E-state index contributed by atoms with van der Waals surface area (Å²) >= 11 is 11.7. The van der Waals surface area contributed by atoms with Crippen molar-refractivity contribution in [3.05, 3.63) is 52.9 Å². The number of carbonyl (C=O) groups excluding carboxylic acids is 1. The maximum Gasteiger partial charge on any atom is 0.248 e. The number of halogens is 2. The summed E-state index contributed by atoms with van der Waals surface area (Å²) < 4.78 is 0. The van der Waals surface area contributed by atoms with Crippen molar-refractivity contribution in [2.24, 2.45) is 5.73 Å². The zero-order valence-electron chi connectivity index (χ0n) is 10.2. The predicted molar refractivity (Wildman–Crippen MR) is 80.0 cm³/mol. The van der Waals surface area contributed by atoms with E-state index in [0.717, 1.165) is 0 Å². The van der Waals surface area contributed by atoms with Crippen molar-refractivity contribution in [2.45, 2.75) is 0 Å². The van der Waals surface area contributed by atoms with E-state index in [1.165, 1.54) is 6.20 Å². The molecule has 0 spiro atoms. The topological polar surface area (TPSA) is 80.9 Å². The Hall–Kier alpha value is -2.11. The number of hydrogen-bond acceptors (Lipinski definition) is 4. The number of benzene rings is 1. The van der Waals surface area contributed by atoms with Crippen LogP contribution in [0.5, 0.6) is 0 Å². The molecule has 0 aliphatic carbocycles. The summed E-state index contributed by atoms with van der Waals surface area (Å²) in [7, 11) is 0. The minimum absolute atomic E-state index is 0.0783. The van der Waals surface area contributed by atoms with Crippen molar-refractivity contribution in [3.8, 4) is 0 Å². The van der Waals surface area contributed by atoms with Crippen LogP contribution in [0.1, 0.15) is 5.56 Å². The number of primary amides is 1. The lowest BCUT2D eigenvalue weighted by Gasteiger charge is -2.09. The lowest BCUT2D eigenvalue weighted by Crippen LogP contribution is -2.12. The maximum atomic E-state index is 11.1. The molecule has 2 aromatic rings. The highest BCUT2D eigenvalue weighted by Gasteiger charge is 2.08. The van der Waals surface area contributed by atoms with E-state index < -0.39 is 5.91 Å². The Morgan fingerprint density at radius 1 is 1.35 bits per heavy atom. The molecule has 20 heavy (non-hydrogen) atoms. The van der Waals surface area contributed by atoms with Crippen LogP contribution in [0.25, 0.3) is 5.57 Å². The molecule has 1 aromatic carbocycles. The van der Waals surface area contributed by atoms with E-state index >= 15 is 0 Å². The maximum absolute atomic E-state index is 11.1. The van der Waals surface area contributed by atoms with Crippen LogP contribution >= 0.6 is 23.2 Å². The molecule has 2 rings (SSSR count).